The van der Waals surface area contributed by atoms with Crippen molar-refractivity contribution in [2.75, 3.05) is 19.7 Å². The van der Waals surface area contributed by atoms with E-state index in [9.17, 15) is 23.1 Å². The van der Waals surface area contributed by atoms with Crippen molar-refractivity contribution in [2.45, 2.75) is 31.8 Å². The van der Waals surface area contributed by atoms with Gasteiger partial charge in [0.25, 0.3) is 0 Å². The summed E-state index contributed by atoms with van der Waals surface area (Å²) in [6.45, 7) is 1.57. The zero-order valence-electron chi connectivity index (χ0n) is 13.6. The molecule has 25 heavy (non-hydrogen) atoms. The van der Waals surface area contributed by atoms with Crippen LogP contribution >= 0.6 is 0 Å². The van der Waals surface area contributed by atoms with Gasteiger partial charge in [-0.25, -0.2) is 0 Å². The molecular formula is C17H21F3N2O3. The minimum absolute atomic E-state index is 0.0158. The van der Waals surface area contributed by atoms with Gasteiger partial charge in [-0.2, -0.15) is 0 Å². The number of hydrogen-bond acceptors (Lipinski definition) is 4. The summed E-state index contributed by atoms with van der Waals surface area (Å²) in [5, 5.41) is 12.5. The Balaban J connectivity index is 1.56. The second kappa shape index (κ2) is 7.21. The second-order valence-electron chi connectivity index (χ2n) is 6.72. The van der Waals surface area contributed by atoms with Crippen molar-refractivity contribution in [3.63, 3.8) is 0 Å². The Bertz CT molecular complexity index is 602. The van der Waals surface area contributed by atoms with Crippen LogP contribution in [-0.4, -0.2) is 48.0 Å². The number of carbonyl (C=O) groups excluding carboxylic acids is 1. The lowest BCUT2D eigenvalue weighted by Gasteiger charge is -2.16. The van der Waals surface area contributed by atoms with Gasteiger partial charge in [0, 0.05) is 38.2 Å². The van der Waals surface area contributed by atoms with E-state index in [4.69, 9.17) is 0 Å². The van der Waals surface area contributed by atoms with Gasteiger partial charge in [-0.3, -0.25) is 9.69 Å². The number of likely N-dealkylation sites (tertiary alicyclic amines) is 1. The number of benzene rings is 1. The minimum Gasteiger partial charge on any atom is -0.406 e. The molecule has 1 heterocycles. The van der Waals surface area contributed by atoms with E-state index >= 15 is 0 Å². The molecule has 1 saturated heterocycles. The maximum atomic E-state index is 12.3. The van der Waals surface area contributed by atoms with Crippen LogP contribution in [0.5, 0.6) is 5.75 Å². The lowest BCUT2D eigenvalue weighted by Crippen LogP contribution is -2.37. The molecule has 1 aliphatic heterocycles. The van der Waals surface area contributed by atoms with E-state index < -0.39 is 6.36 Å². The van der Waals surface area contributed by atoms with Crippen molar-refractivity contribution < 1.29 is 27.8 Å². The first-order chi connectivity index (χ1) is 11.8. The number of alkyl halides is 3. The molecule has 0 unspecified atom stereocenters. The van der Waals surface area contributed by atoms with Crippen molar-refractivity contribution in [2.24, 2.45) is 11.8 Å². The van der Waals surface area contributed by atoms with Gasteiger partial charge in [0.15, 0.2) is 0 Å². The molecular weight excluding hydrogens is 337 g/mol. The Morgan fingerprint density at radius 2 is 1.92 bits per heavy atom. The summed E-state index contributed by atoms with van der Waals surface area (Å²) in [5.74, 6) is -0.643. The first-order valence-corrected chi connectivity index (χ1v) is 8.32. The van der Waals surface area contributed by atoms with E-state index in [-0.39, 0.29) is 36.1 Å². The van der Waals surface area contributed by atoms with E-state index in [0.717, 1.165) is 18.4 Å². The van der Waals surface area contributed by atoms with Gasteiger partial charge in [-0.1, -0.05) is 12.1 Å². The summed E-state index contributed by atoms with van der Waals surface area (Å²) in [4.78, 5) is 14.3. The highest BCUT2D eigenvalue weighted by molar-refractivity contribution is 5.80. The Labute approximate surface area is 143 Å². The van der Waals surface area contributed by atoms with Crippen LogP contribution in [0.4, 0.5) is 13.2 Å². The monoisotopic (exact) mass is 358 g/mol. The van der Waals surface area contributed by atoms with Crippen LogP contribution in [0.25, 0.3) is 0 Å². The Morgan fingerprint density at radius 1 is 1.24 bits per heavy atom. The van der Waals surface area contributed by atoms with Crippen LogP contribution < -0.4 is 10.1 Å². The number of ether oxygens (including phenoxy) is 1. The molecule has 2 aliphatic rings. The van der Waals surface area contributed by atoms with Crippen molar-refractivity contribution in [1.82, 2.24) is 10.2 Å². The highest BCUT2D eigenvalue weighted by Gasteiger charge is 2.38. The third kappa shape index (κ3) is 5.09. The summed E-state index contributed by atoms with van der Waals surface area (Å²) in [6.07, 6.45) is -2.68. The first-order valence-electron chi connectivity index (χ1n) is 8.32. The van der Waals surface area contributed by atoms with Crippen LogP contribution in [0.2, 0.25) is 0 Å². The molecule has 5 nitrogen and oxygen atoms in total. The first kappa shape index (κ1) is 18.0. The molecule has 0 bridgehead atoms. The number of nitrogens with zero attached hydrogens (tertiary/aromatic N) is 1. The van der Waals surface area contributed by atoms with Gasteiger partial charge in [0.1, 0.15) is 5.75 Å². The predicted molar refractivity (Wildman–Crippen MR) is 83.6 cm³/mol. The lowest BCUT2D eigenvalue weighted by molar-refractivity contribution is -0.274. The average Bonchev–Trinajstić information content (AvgIpc) is 3.25. The largest absolute Gasteiger partial charge is 0.573 e. The molecule has 1 aromatic rings. The van der Waals surface area contributed by atoms with E-state index in [1.54, 1.807) is 12.1 Å². The second-order valence-corrected chi connectivity index (χ2v) is 6.72. The molecule has 3 rings (SSSR count). The quantitative estimate of drug-likeness (QED) is 0.816. The van der Waals surface area contributed by atoms with Gasteiger partial charge < -0.3 is 15.2 Å². The van der Waals surface area contributed by atoms with Gasteiger partial charge in [0.2, 0.25) is 5.91 Å². The molecule has 8 heteroatoms. The van der Waals surface area contributed by atoms with Crippen LogP contribution in [0.1, 0.15) is 18.4 Å². The van der Waals surface area contributed by atoms with Crippen LogP contribution in [0, 0.1) is 11.8 Å². The van der Waals surface area contributed by atoms with Crippen molar-refractivity contribution in [3.8, 4) is 5.75 Å². The van der Waals surface area contributed by atoms with Gasteiger partial charge in [-0.15, -0.1) is 13.2 Å². The number of hydrogen-bond donors (Lipinski definition) is 2. The molecule has 0 aromatic heterocycles. The number of halogens is 3. The van der Waals surface area contributed by atoms with Crippen molar-refractivity contribution in [3.05, 3.63) is 29.8 Å². The van der Waals surface area contributed by atoms with Crippen molar-refractivity contribution >= 4 is 5.91 Å². The summed E-state index contributed by atoms with van der Waals surface area (Å²) in [6, 6.07) is 5.99. The van der Waals surface area contributed by atoms with Crippen LogP contribution in [0.3, 0.4) is 0 Å². The van der Waals surface area contributed by atoms with E-state index in [2.05, 4.69) is 10.1 Å². The molecule has 1 saturated carbocycles. The SMILES string of the molecule is O=C(NC1CC1)[C@@H]1CN(Cc2ccc(OC(F)(F)F)cc2)C[C@H]1CO. The Hall–Kier alpha value is -1.80. The zero-order chi connectivity index (χ0) is 18.0. The van der Waals surface area contributed by atoms with Gasteiger partial charge >= 0.3 is 6.36 Å². The summed E-state index contributed by atoms with van der Waals surface area (Å²) in [7, 11) is 0. The smallest absolute Gasteiger partial charge is 0.406 e. The Morgan fingerprint density at radius 3 is 2.48 bits per heavy atom. The molecule has 2 atom stereocenters. The van der Waals surface area contributed by atoms with Crippen LogP contribution in [-0.2, 0) is 11.3 Å². The molecule has 2 fully saturated rings. The predicted octanol–water partition coefficient (Wildman–Crippen LogP) is 1.90. The highest BCUT2D eigenvalue weighted by Crippen LogP contribution is 2.28. The fourth-order valence-corrected chi connectivity index (χ4v) is 3.16. The standard InChI is InChI=1S/C17H21F3N2O3/c18-17(19,20)25-14-5-1-11(2-6-14)7-22-8-12(10-23)15(9-22)16(24)21-13-3-4-13/h1-2,5-6,12-13,15,23H,3-4,7-10H2,(H,21,24)/t12-,15+/m0/s1. The van der Waals surface area contributed by atoms with E-state index in [0.29, 0.717) is 19.6 Å². The molecule has 1 amide bonds. The average molecular weight is 358 g/mol. The van der Waals surface area contributed by atoms with Gasteiger partial charge in [-0.05, 0) is 30.5 Å². The number of carbonyl (C=O) groups is 1. The number of aliphatic hydroxyl groups excluding tert-OH is 1. The topological polar surface area (TPSA) is 61.8 Å². The molecule has 0 spiro atoms. The maximum absolute atomic E-state index is 12.3. The zero-order valence-corrected chi connectivity index (χ0v) is 13.6. The molecule has 1 aliphatic carbocycles. The number of nitrogens with one attached hydrogen (secondary N) is 1. The summed E-state index contributed by atoms with van der Waals surface area (Å²) < 4.78 is 40.4. The Kier molecular flexibility index (Phi) is 5.19. The van der Waals surface area contributed by atoms with E-state index in [1.165, 1.54) is 12.1 Å². The molecule has 0 radical (unpaired) electrons. The van der Waals surface area contributed by atoms with E-state index in [1.807, 2.05) is 4.90 Å². The number of amides is 1. The summed E-state index contributed by atoms with van der Waals surface area (Å²) >= 11 is 0. The van der Waals surface area contributed by atoms with Crippen LogP contribution in [0.15, 0.2) is 24.3 Å². The third-order valence-electron chi connectivity index (χ3n) is 4.57. The minimum atomic E-state index is -4.70. The highest BCUT2D eigenvalue weighted by atomic mass is 19.4. The maximum Gasteiger partial charge on any atom is 0.573 e. The third-order valence-corrected chi connectivity index (χ3v) is 4.57. The molecule has 2 N–H and O–H groups in total. The molecule has 1 aromatic carbocycles. The van der Waals surface area contributed by atoms with Gasteiger partial charge in [0.05, 0.1) is 5.92 Å². The summed E-state index contributed by atoms with van der Waals surface area (Å²) in [5.41, 5.74) is 0.828. The fourth-order valence-electron chi connectivity index (χ4n) is 3.16. The number of rotatable bonds is 6. The van der Waals surface area contributed by atoms with Crippen molar-refractivity contribution in [1.29, 1.82) is 0 Å². The molecule has 138 valence electrons. The number of aliphatic hydroxyl groups is 1. The lowest BCUT2D eigenvalue weighted by atomic mass is 9.96. The fraction of sp³-hybridized carbons (Fsp3) is 0.588. The normalized spacial score (nSPS) is 24.3.